The lowest BCUT2D eigenvalue weighted by molar-refractivity contribution is 0.0386. The largest absolute Gasteiger partial charge is 0.497 e. The van der Waals surface area contributed by atoms with Crippen LogP contribution in [0.2, 0.25) is 0 Å². The fourth-order valence-corrected chi connectivity index (χ4v) is 6.99. The summed E-state index contributed by atoms with van der Waals surface area (Å²) in [4.78, 5) is 32.6. The Morgan fingerprint density at radius 1 is 0.699 bits per heavy atom. The van der Waals surface area contributed by atoms with Crippen molar-refractivity contribution in [1.29, 1.82) is 10.5 Å². The highest BCUT2D eigenvalue weighted by Gasteiger charge is 2.27. The summed E-state index contributed by atoms with van der Waals surface area (Å²) in [5.41, 5.74) is 1.22. The number of ether oxygens (including phenoxy) is 4. The van der Waals surface area contributed by atoms with E-state index < -0.39 is 56.7 Å². The number of halogens is 1. The molecule has 4 rings (SSSR count). The molecule has 4 aromatic rings. The zero-order valence-corrected chi connectivity index (χ0v) is 43.6. The molecule has 0 spiro atoms. The number of aliphatic hydroxyl groups excluding tert-OH is 2. The van der Waals surface area contributed by atoms with E-state index in [1.54, 1.807) is 59.6 Å². The number of hydrogen-bond acceptors (Lipinski definition) is 14. The first-order valence-electron chi connectivity index (χ1n) is 22.5. The molecule has 0 saturated heterocycles. The molecule has 0 heterocycles. The van der Waals surface area contributed by atoms with Crippen molar-refractivity contribution in [2.45, 2.75) is 101 Å². The minimum atomic E-state index is -3.61. The van der Waals surface area contributed by atoms with Crippen molar-refractivity contribution < 1.29 is 47.2 Å². The van der Waals surface area contributed by atoms with E-state index in [1.807, 2.05) is 91.0 Å². The first-order chi connectivity index (χ1) is 34.4. The van der Waals surface area contributed by atoms with E-state index in [1.165, 1.54) is 43.8 Å². The lowest BCUT2D eigenvalue weighted by Gasteiger charge is -2.30. The lowest BCUT2D eigenvalue weighted by Crippen LogP contribution is -2.50. The van der Waals surface area contributed by atoms with Crippen molar-refractivity contribution in [1.82, 2.24) is 20.9 Å². The predicted octanol–water partition coefficient (Wildman–Crippen LogP) is 8.26. The summed E-state index contributed by atoms with van der Waals surface area (Å²) in [5, 5.41) is 47.8. The molecule has 20 heteroatoms. The highest BCUT2D eigenvalue weighted by atomic mass is 35.7. The molecular formula is C53H63ClN8O10S. The van der Waals surface area contributed by atoms with Crippen molar-refractivity contribution in [2.24, 2.45) is 0 Å². The van der Waals surface area contributed by atoms with Gasteiger partial charge < -0.3 is 50.0 Å². The molecule has 18 nitrogen and oxygen atoms in total. The molecule has 0 saturated carbocycles. The fourth-order valence-electron chi connectivity index (χ4n) is 6.22. The number of nitrogens with zero attached hydrogens (tertiary/aromatic N) is 5. The lowest BCUT2D eigenvalue weighted by atomic mass is 10.0. The molecule has 4 atom stereocenters. The number of nitrogens with one attached hydrogen (secondary N) is 3. The maximum absolute atomic E-state index is 12.5. The van der Waals surface area contributed by atoms with E-state index in [2.05, 4.69) is 25.6 Å². The van der Waals surface area contributed by atoms with Crippen LogP contribution in [-0.4, -0.2) is 98.5 Å². The standard InChI is InChI=1S/C27H32N4O4.C19H24N4O3.C7H7ClO3S/c1-27(2,3)35-26(33)30-24(15-20-9-7-6-8-10-20)25(32)19-31(18-22(16-28)29-4)17-21-11-13-23(34-5)14-12-21;1-19(2,3)26-18(25)23-16(10-14-8-6-5-7-9-14)17(24)13-22-12-15(11-20)21-4;1-11-6-2-4-7(5-3-6)12(8,9)10/h6-14,18,24-25,32H,15,17,19H2,1-3,5H3,(H,30,33);5-9,12,16-17,22,24H,10,13H2,1-3H3,(H,23,25);2-5H,1H3/b22-18-;15-12-;/t24-,25?;16-,17?;/m00./s1. The van der Waals surface area contributed by atoms with Gasteiger partial charge in [-0.25, -0.2) is 38.2 Å². The Hall–Kier alpha value is -7.78. The number of carbonyl (C=O) groups is 2. The van der Waals surface area contributed by atoms with Gasteiger partial charge in [0.25, 0.3) is 20.4 Å². The summed E-state index contributed by atoms with van der Waals surface area (Å²) in [6, 6.07) is 34.5. The molecular weight excluding hydrogens is 976 g/mol. The second-order valence-corrected chi connectivity index (χ2v) is 20.4. The summed E-state index contributed by atoms with van der Waals surface area (Å²) in [6.07, 6.45) is 0.208. The molecule has 73 heavy (non-hydrogen) atoms. The maximum Gasteiger partial charge on any atom is 0.407 e. The molecule has 0 bridgehead atoms. The van der Waals surface area contributed by atoms with Crippen LogP contribution in [-0.2, 0) is 37.9 Å². The highest BCUT2D eigenvalue weighted by Crippen LogP contribution is 2.19. The number of allylic oxidation sites excluding steroid dienone is 2. The number of carbonyl (C=O) groups excluding carboxylic acids is 2. The van der Waals surface area contributed by atoms with E-state index in [9.17, 15) is 33.5 Å². The molecule has 4 aromatic carbocycles. The molecule has 0 fully saturated rings. The van der Waals surface area contributed by atoms with Crippen molar-refractivity contribution in [2.75, 3.05) is 27.3 Å². The predicted molar refractivity (Wildman–Crippen MR) is 277 cm³/mol. The van der Waals surface area contributed by atoms with Gasteiger partial charge in [-0.15, -0.1) is 0 Å². The van der Waals surface area contributed by atoms with Crippen LogP contribution in [0.4, 0.5) is 9.59 Å². The third-order valence-corrected chi connectivity index (χ3v) is 10.9. The van der Waals surface area contributed by atoms with E-state index in [-0.39, 0.29) is 29.4 Å². The minimum absolute atomic E-state index is 0.0635. The second kappa shape index (κ2) is 30.8. The smallest absolute Gasteiger partial charge is 0.407 e. The number of benzene rings is 4. The zero-order chi connectivity index (χ0) is 54.6. The molecule has 0 aliphatic carbocycles. The molecule has 0 aliphatic heterocycles. The number of methoxy groups -OCH3 is 2. The minimum Gasteiger partial charge on any atom is -0.497 e. The summed E-state index contributed by atoms with van der Waals surface area (Å²) in [5.74, 6) is 1.30. The molecule has 2 unspecified atom stereocenters. The second-order valence-electron chi connectivity index (χ2n) is 17.8. The summed E-state index contributed by atoms with van der Waals surface area (Å²) in [6.45, 7) is 25.1. The fraction of sp³-hybridized carbons (Fsp3) is 0.358. The third-order valence-electron chi connectivity index (χ3n) is 9.58. The van der Waals surface area contributed by atoms with Crippen LogP contribution < -0.4 is 25.4 Å². The third kappa shape index (κ3) is 25.8. The van der Waals surface area contributed by atoms with Gasteiger partial charge in [-0.3, -0.25) is 0 Å². The van der Waals surface area contributed by atoms with Crippen molar-refractivity contribution in [3.63, 3.8) is 0 Å². The van der Waals surface area contributed by atoms with Crippen LogP contribution in [0.25, 0.3) is 9.69 Å². The number of amides is 2. The molecule has 2 amide bonds. The van der Waals surface area contributed by atoms with Crippen LogP contribution >= 0.6 is 10.7 Å². The van der Waals surface area contributed by atoms with Crippen LogP contribution in [0.15, 0.2) is 138 Å². The number of nitriles is 2. The Kier molecular flexibility index (Phi) is 25.9. The molecule has 5 N–H and O–H groups in total. The Morgan fingerprint density at radius 3 is 1.51 bits per heavy atom. The molecule has 388 valence electrons. The normalized spacial score (nSPS) is 13.0. The zero-order valence-electron chi connectivity index (χ0n) is 42.1. The van der Waals surface area contributed by atoms with E-state index in [4.69, 9.17) is 48.0 Å². The Bertz CT molecular complexity index is 2650. The average molecular weight is 1040 g/mol. The monoisotopic (exact) mass is 1040 g/mol. The summed E-state index contributed by atoms with van der Waals surface area (Å²) >= 11 is 0. The number of rotatable bonds is 19. The number of aliphatic hydroxyl groups is 2. The number of hydrogen-bond donors (Lipinski definition) is 5. The van der Waals surface area contributed by atoms with Gasteiger partial charge >= 0.3 is 12.2 Å². The van der Waals surface area contributed by atoms with Gasteiger partial charge in [-0.1, -0.05) is 72.8 Å². The van der Waals surface area contributed by atoms with Gasteiger partial charge in [0.2, 0.25) is 0 Å². The average Bonchev–Trinajstić information content (AvgIpc) is 3.34. The Labute approximate surface area is 433 Å². The van der Waals surface area contributed by atoms with Crippen molar-refractivity contribution >= 4 is 31.9 Å². The van der Waals surface area contributed by atoms with Gasteiger partial charge in [0, 0.05) is 42.7 Å². The van der Waals surface area contributed by atoms with Crippen LogP contribution in [0.5, 0.6) is 11.5 Å². The van der Waals surface area contributed by atoms with Gasteiger partial charge in [-0.05, 0) is 107 Å². The van der Waals surface area contributed by atoms with Gasteiger partial charge in [0.05, 0.1) is 68.7 Å². The quantitative estimate of drug-likeness (QED) is 0.0338. The van der Waals surface area contributed by atoms with E-state index in [0.717, 1.165) is 16.7 Å². The first-order valence-corrected chi connectivity index (χ1v) is 24.8. The molecule has 0 radical (unpaired) electrons. The van der Waals surface area contributed by atoms with Gasteiger partial charge in [0.15, 0.2) is 0 Å². The van der Waals surface area contributed by atoms with Crippen LogP contribution in [0.1, 0.15) is 58.2 Å². The van der Waals surface area contributed by atoms with Crippen molar-refractivity contribution in [3.8, 4) is 23.6 Å². The first kappa shape index (κ1) is 61.3. The Balaban J connectivity index is 0.000000419. The highest BCUT2D eigenvalue weighted by molar-refractivity contribution is 8.13. The Morgan fingerprint density at radius 2 is 1.12 bits per heavy atom. The molecule has 0 aromatic heterocycles. The van der Waals surface area contributed by atoms with Crippen molar-refractivity contribution in [3.05, 3.63) is 173 Å². The van der Waals surface area contributed by atoms with Gasteiger partial charge in [-0.2, -0.15) is 0 Å². The van der Waals surface area contributed by atoms with Gasteiger partial charge in [0.1, 0.15) is 22.7 Å². The summed E-state index contributed by atoms with van der Waals surface area (Å²) < 4.78 is 42.2. The SMILES string of the molecule is COc1ccc(S(=O)(=O)Cl)cc1.[C-]#[N+]/C(C#N)=C\N(Cc1ccc(OC)cc1)CC(O)[C@H](Cc1ccccc1)NC(=O)OC(C)(C)C.[C-]#[N+]/C(C#N)=C\NCC(O)[C@H](Cc1ccccc1)NC(=O)OC(C)(C)C. The van der Waals surface area contributed by atoms with Crippen LogP contribution in [0, 0.1) is 35.8 Å². The van der Waals surface area contributed by atoms with E-state index in [0.29, 0.717) is 30.9 Å². The summed E-state index contributed by atoms with van der Waals surface area (Å²) in [7, 11) is 4.56. The molecule has 0 aliphatic rings. The topological polar surface area (TPSA) is 241 Å². The van der Waals surface area contributed by atoms with Crippen LogP contribution in [0.3, 0.4) is 0 Å². The number of alkyl carbamates (subject to hydrolysis) is 2. The maximum atomic E-state index is 12.5. The van der Waals surface area contributed by atoms with E-state index >= 15 is 0 Å².